The van der Waals surface area contributed by atoms with Crippen LogP contribution in [0.3, 0.4) is 0 Å². The second kappa shape index (κ2) is 4.00. The number of carbonyl (C=O) groups is 1. The third-order valence-corrected chi connectivity index (χ3v) is 2.36. The predicted octanol–water partition coefficient (Wildman–Crippen LogP) is -0.555. The van der Waals surface area contributed by atoms with Gasteiger partial charge in [0.2, 0.25) is 0 Å². The van der Waals surface area contributed by atoms with E-state index in [1.807, 2.05) is 5.32 Å². The Morgan fingerprint density at radius 3 is 2.08 bits per heavy atom. The second-order valence-corrected chi connectivity index (χ2v) is 4.37. The summed E-state index contributed by atoms with van der Waals surface area (Å²) in [5, 5.41) is 12.3. The van der Waals surface area contributed by atoms with Gasteiger partial charge < -0.3 is 15.1 Å². The third-order valence-electron chi connectivity index (χ3n) is 1.22. The zero-order valence-electron chi connectivity index (χ0n) is 6.72. The Bertz CT molecular complexity index is 210. The van der Waals surface area contributed by atoms with Gasteiger partial charge in [0.05, 0.1) is 0 Å². The summed E-state index contributed by atoms with van der Waals surface area (Å²) in [6, 6.07) is 0. The van der Waals surface area contributed by atoms with Crippen LogP contribution < -0.4 is 5.32 Å². The lowest BCUT2D eigenvalue weighted by Crippen LogP contribution is -2.38. The zero-order chi connectivity index (χ0) is 9.94. The van der Waals surface area contributed by atoms with E-state index in [0.29, 0.717) is 0 Å². The number of amides is 1. The van der Waals surface area contributed by atoms with Crippen LogP contribution in [0.15, 0.2) is 0 Å². The minimum absolute atomic E-state index is 0.911. The number of hydrogen-bond acceptors (Lipinski definition) is 2. The third kappa shape index (κ3) is 3.82. The van der Waals surface area contributed by atoms with Crippen molar-refractivity contribution in [3.05, 3.63) is 0 Å². The molecule has 0 saturated carbocycles. The lowest BCUT2D eigenvalue weighted by Gasteiger charge is -2.15. The molecule has 7 heteroatoms. The summed E-state index contributed by atoms with van der Waals surface area (Å²) < 4.78 is 10.5. The average molecular weight is 196 g/mol. The van der Waals surface area contributed by atoms with Crippen LogP contribution in [0.5, 0.6) is 0 Å². The van der Waals surface area contributed by atoms with Gasteiger partial charge in [0.25, 0.3) is 5.91 Å². The second-order valence-electron chi connectivity index (χ2n) is 2.42. The van der Waals surface area contributed by atoms with E-state index in [4.69, 9.17) is 9.79 Å². The van der Waals surface area contributed by atoms with E-state index in [9.17, 15) is 14.5 Å². The molecule has 3 N–H and O–H groups in total. The van der Waals surface area contributed by atoms with Crippen molar-refractivity contribution >= 4 is 13.5 Å². The maximum Gasteiger partial charge on any atom is 0.347 e. The van der Waals surface area contributed by atoms with E-state index in [1.54, 1.807) is 0 Å². The molecular formula is C5H11NO5P. The molecule has 1 amide bonds. The molecule has 0 heterocycles. The normalized spacial score (nSPS) is 16.8. The van der Waals surface area contributed by atoms with Crippen molar-refractivity contribution < 1.29 is 24.3 Å². The first-order chi connectivity index (χ1) is 5.25. The molecule has 0 aromatic carbocycles. The van der Waals surface area contributed by atoms with Crippen LogP contribution >= 0.6 is 7.60 Å². The molecule has 6 nitrogen and oxygen atoms in total. The SMILES string of the molecule is CC([O])C(=O)NC(C)P(=O)(O)O. The van der Waals surface area contributed by atoms with Gasteiger partial charge in [-0.3, -0.25) is 9.36 Å². The minimum Gasteiger partial charge on any atom is -0.340 e. The summed E-state index contributed by atoms with van der Waals surface area (Å²) in [5.74, 6) is -2.22. The molecule has 0 spiro atoms. The van der Waals surface area contributed by atoms with Crippen molar-refractivity contribution in [2.24, 2.45) is 0 Å². The van der Waals surface area contributed by atoms with Crippen LogP contribution in [-0.4, -0.2) is 27.6 Å². The van der Waals surface area contributed by atoms with Crippen molar-refractivity contribution in [2.45, 2.75) is 25.7 Å². The van der Waals surface area contributed by atoms with Gasteiger partial charge in [0, 0.05) is 0 Å². The topological polar surface area (TPSA) is 107 Å². The molecule has 0 rings (SSSR count). The first kappa shape index (κ1) is 11.6. The summed E-state index contributed by atoms with van der Waals surface area (Å²) in [6.45, 7) is 2.24. The summed E-state index contributed by atoms with van der Waals surface area (Å²) in [7, 11) is -4.32. The highest BCUT2D eigenvalue weighted by molar-refractivity contribution is 7.52. The van der Waals surface area contributed by atoms with Gasteiger partial charge >= 0.3 is 7.60 Å². The summed E-state index contributed by atoms with van der Waals surface area (Å²) in [6.07, 6.45) is -1.51. The van der Waals surface area contributed by atoms with Gasteiger partial charge in [-0.1, -0.05) is 0 Å². The Hall–Kier alpha value is -0.420. The lowest BCUT2D eigenvalue weighted by atomic mass is 10.4. The molecule has 0 aliphatic rings. The molecule has 0 bridgehead atoms. The highest BCUT2D eigenvalue weighted by atomic mass is 31.2. The minimum atomic E-state index is -4.32. The number of carbonyl (C=O) groups excluding carboxylic acids is 1. The van der Waals surface area contributed by atoms with Crippen molar-refractivity contribution in [3.8, 4) is 0 Å². The Morgan fingerprint density at radius 1 is 1.42 bits per heavy atom. The van der Waals surface area contributed by atoms with Crippen LogP contribution in [0.1, 0.15) is 13.8 Å². The molecule has 0 aromatic rings. The van der Waals surface area contributed by atoms with E-state index < -0.39 is 25.4 Å². The van der Waals surface area contributed by atoms with E-state index in [0.717, 1.165) is 13.8 Å². The van der Waals surface area contributed by atoms with Crippen LogP contribution in [0, 0.1) is 0 Å². The average Bonchev–Trinajstić information content (AvgIpc) is 1.85. The summed E-state index contributed by atoms with van der Waals surface area (Å²) >= 11 is 0. The summed E-state index contributed by atoms with van der Waals surface area (Å²) in [5.41, 5.74) is 0. The molecule has 71 valence electrons. The van der Waals surface area contributed by atoms with Gasteiger partial charge in [0.15, 0.2) is 6.10 Å². The monoisotopic (exact) mass is 196 g/mol. The number of nitrogens with one attached hydrogen (secondary N) is 1. The maximum absolute atomic E-state index is 10.6. The van der Waals surface area contributed by atoms with Gasteiger partial charge in [-0.15, -0.1) is 0 Å². The smallest absolute Gasteiger partial charge is 0.340 e. The quantitative estimate of drug-likeness (QED) is 0.526. The Labute approximate surface area is 69.8 Å². The first-order valence-corrected chi connectivity index (χ1v) is 4.94. The molecular weight excluding hydrogens is 185 g/mol. The molecule has 0 aliphatic carbocycles. The Morgan fingerprint density at radius 2 is 1.83 bits per heavy atom. The number of hydrogen-bond donors (Lipinski definition) is 3. The fraction of sp³-hybridized carbons (Fsp3) is 0.800. The predicted molar refractivity (Wildman–Crippen MR) is 39.8 cm³/mol. The molecule has 2 unspecified atom stereocenters. The van der Waals surface area contributed by atoms with E-state index >= 15 is 0 Å². The van der Waals surface area contributed by atoms with Crippen LogP contribution in [0.25, 0.3) is 0 Å². The number of rotatable bonds is 3. The van der Waals surface area contributed by atoms with Crippen molar-refractivity contribution in [1.82, 2.24) is 5.32 Å². The van der Waals surface area contributed by atoms with Gasteiger partial charge in [-0.2, -0.15) is 0 Å². The largest absolute Gasteiger partial charge is 0.347 e. The molecule has 12 heavy (non-hydrogen) atoms. The van der Waals surface area contributed by atoms with Crippen molar-refractivity contribution in [2.75, 3.05) is 0 Å². The standard InChI is InChI=1S/C5H11NO5P/c1-3(7)5(8)6-4(2)12(9,10)11/h3-4H,1-2H3,(H,6,8)(H2,9,10,11). The van der Waals surface area contributed by atoms with Crippen LogP contribution in [-0.2, 0) is 14.5 Å². The first-order valence-electron chi connectivity index (χ1n) is 3.26. The molecule has 0 fully saturated rings. The molecule has 0 aliphatic heterocycles. The van der Waals surface area contributed by atoms with E-state index in [-0.39, 0.29) is 0 Å². The van der Waals surface area contributed by atoms with Gasteiger partial charge in [0.1, 0.15) is 5.78 Å². The maximum atomic E-state index is 10.6. The Balaban J connectivity index is 4.11. The van der Waals surface area contributed by atoms with E-state index in [1.165, 1.54) is 0 Å². The van der Waals surface area contributed by atoms with Gasteiger partial charge in [-0.25, -0.2) is 5.11 Å². The molecule has 1 radical (unpaired) electrons. The molecule has 0 aromatic heterocycles. The van der Waals surface area contributed by atoms with Crippen LogP contribution in [0.4, 0.5) is 0 Å². The fourth-order valence-corrected chi connectivity index (χ4v) is 0.703. The lowest BCUT2D eigenvalue weighted by molar-refractivity contribution is -0.131. The molecule has 0 saturated heterocycles. The highest BCUT2D eigenvalue weighted by Crippen LogP contribution is 2.38. The van der Waals surface area contributed by atoms with Crippen LogP contribution in [0.2, 0.25) is 0 Å². The van der Waals surface area contributed by atoms with Crippen molar-refractivity contribution in [1.29, 1.82) is 0 Å². The fourth-order valence-electron chi connectivity index (χ4n) is 0.407. The Kier molecular flexibility index (Phi) is 3.86. The molecule has 2 atom stereocenters. The van der Waals surface area contributed by atoms with Gasteiger partial charge in [-0.05, 0) is 13.8 Å². The summed E-state index contributed by atoms with van der Waals surface area (Å²) in [4.78, 5) is 27.7. The highest BCUT2D eigenvalue weighted by Gasteiger charge is 2.26. The zero-order valence-corrected chi connectivity index (χ0v) is 7.62. The van der Waals surface area contributed by atoms with Crippen molar-refractivity contribution in [3.63, 3.8) is 0 Å². The van der Waals surface area contributed by atoms with E-state index in [2.05, 4.69) is 0 Å².